The minimum Gasteiger partial charge on any atom is -0.334 e. The average Bonchev–Trinajstić information content (AvgIpc) is 3.14. The number of hydrogen-bond donors (Lipinski definition) is 2. The molecule has 0 aliphatic rings. The van der Waals surface area contributed by atoms with Gasteiger partial charge in [-0.2, -0.15) is 10.2 Å². The summed E-state index contributed by atoms with van der Waals surface area (Å²) in [6, 6.07) is 9.67. The van der Waals surface area contributed by atoms with Gasteiger partial charge in [0.05, 0.1) is 11.4 Å². The second-order valence-electron chi connectivity index (χ2n) is 6.21. The van der Waals surface area contributed by atoms with Crippen LogP contribution in [0.5, 0.6) is 0 Å². The van der Waals surface area contributed by atoms with Gasteiger partial charge in [-0.25, -0.2) is 4.79 Å². The molecule has 0 saturated carbocycles. The summed E-state index contributed by atoms with van der Waals surface area (Å²) in [5, 5.41) is 14.7. The van der Waals surface area contributed by atoms with Crippen LogP contribution in [0.15, 0.2) is 36.5 Å². The van der Waals surface area contributed by atoms with E-state index in [4.69, 9.17) is 0 Å². The Labute approximate surface area is 153 Å². The molecule has 0 spiro atoms. The number of carbonyl (C=O) groups is 1. The van der Waals surface area contributed by atoms with Gasteiger partial charge in [-0.3, -0.25) is 14.7 Å². The van der Waals surface area contributed by atoms with E-state index in [9.17, 15) is 4.79 Å². The molecule has 7 nitrogen and oxygen atoms in total. The van der Waals surface area contributed by atoms with E-state index in [-0.39, 0.29) is 6.03 Å². The van der Waals surface area contributed by atoms with Crippen molar-refractivity contribution >= 4 is 11.8 Å². The Morgan fingerprint density at radius 3 is 2.54 bits per heavy atom. The molecule has 0 unspecified atom stereocenters. The molecule has 0 aliphatic heterocycles. The van der Waals surface area contributed by atoms with Crippen LogP contribution in [0.2, 0.25) is 0 Å². The molecule has 0 bridgehead atoms. The predicted octanol–water partition coefficient (Wildman–Crippen LogP) is 3.24. The van der Waals surface area contributed by atoms with Crippen molar-refractivity contribution in [3.8, 4) is 11.3 Å². The number of hydrogen-bond acceptors (Lipinski definition) is 3. The molecule has 136 valence electrons. The van der Waals surface area contributed by atoms with Crippen LogP contribution in [0.4, 0.5) is 10.6 Å². The Morgan fingerprint density at radius 2 is 1.88 bits per heavy atom. The van der Waals surface area contributed by atoms with Crippen molar-refractivity contribution in [2.45, 2.75) is 33.9 Å². The molecule has 0 aliphatic carbocycles. The van der Waals surface area contributed by atoms with E-state index >= 15 is 0 Å². The van der Waals surface area contributed by atoms with Crippen molar-refractivity contribution < 1.29 is 4.79 Å². The maximum atomic E-state index is 12.3. The van der Waals surface area contributed by atoms with Crippen LogP contribution >= 0.6 is 0 Å². The van der Waals surface area contributed by atoms with E-state index in [0.29, 0.717) is 12.4 Å². The Morgan fingerprint density at radius 1 is 1.15 bits per heavy atom. The number of rotatable bonds is 5. The van der Waals surface area contributed by atoms with Crippen LogP contribution in [-0.4, -0.2) is 25.6 Å². The number of nitrogens with zero attached hydrogens (tertiary/aromatic N) is 4. The Kier molecular flexibility index (Phi) is 5.06. The summed E-state index contributed by atoms with van der Waals surface area (Å²) in [4.78, 5) is 12.3. The molecule has 0 radical (unpaired) electrons. The summed E-state index contributed by atoms with van der Waals surface area (Å²) in [6.45, 7) is 7.17. The third kappa shape index (κ3) is 3.61. The molecular weight excluding hydrogens is 328 g/mol. The van der Waals surface area contributed by atoms with Gasteiger partial charge in [0.2, 0.25) is 0 Å². The molecule has 0 atom stereocenters. The number of anilines is 1. The SMILES string of the molecule is CCn1cc(CNC(=O)Nc2c(C)c(-c3ccccc3)nn2C)c(C)n1. The minimum absolute atomic E-state index is 0.264. The van der Waals surface area contributed by atoms with Gasteiger partial charge in [0, 0.05) is 43.0 Å². The number of benzene rings is 1. The first kappa shape index (κ1) is 17.7. The molecule has 1 aromatic carbocycles. The van der Waals surface area contributed by atoms with Crippen LogP contribution in [-0.2, 0) is 20.1 Å². The predicted molar refractivity (Wildman–Crippen MR) is 102 cm³/mol. The smallest absolute Gasteiger partial charge is 0.320 e. The summed E-state index contributed by atoms with van der Waals surface area (Å²) in [5.74, 6) is 0.683. The first-order valence-corrected chi connectivity index (χ1v) is 8.66. The number of carbonyl (C=O) groups excluding carboxylic acids is 1. The zero-order valence-electron chi connectivity index (χ0n) is 15.6. The monoisotopic (exact) mass is 352 g/mol. The van der Waals surface area contributed by atoms with E-state index in [1.165, 1.54) is 0 Å². The summed E-state index contributed by atoms with van der Waals surface area (Å²) >= 11 is 0. The van der Waals surface area contributed by atoms with Gasteiger partial charge in [-0.05, 0) is 20.8 Å². The maximum Gasteiger partial charge on any atom is 0.320 e. The molecular formula is C19H24N6O. The lowest BCUT2D eigenvalue weighted by molar-refractivity contribution is 0.251. The number of nitrogens with one attached hydrogen (secondary N) is 2. The quantitative estimate of drug-likeness (QED) is 0.740. The standard InChI is InChI=1S/C19H24N6O/c1-5-25-12-16(14(3)22-25)11-20-19(26)21-18-13(2)17(23-24(18)4)15-9-7-6-8-10-15/h6-10,12H,5,11H2,1-4H3,(H2,20,21,26). The number of aryl methyl sites for hydroxylation is 3. The molecule has 2 heterocycles. The fourth-order valence-corrected chi connectivity index (χ4v) is 2.90. The summed E-state index contributed by atoms with van der Waals surface area (Å²) < 4.78 is 3.55. The van der Waals surface area contributed by atoms with Crippen LogP contribution in [0, 0.1) is 13.8 Å². The highest BCUT2D eigenvalue weighted by molar-refractivity contribution is 5.90. The maximum absolute atomic E-state index is 12.3. The minimum atomic E-state index is -0.264. The molecule has 7 heteroatoms. The zero-order valence-corrected chi connectivity index (χ0v) is 15.6. The average molecular weight is 352 g/mol. The Balaban J connectivity index is 1.69. The first-order valence-electron chi connectivity index (χ1n) is 8.66. The molecule has 26 heavy (non-hydrogen) atoms. The van der Waals surface area contributed by atoms with Crippen molar-refractivity contribution in [3.63, 3.8) is 0 Å². The van der Waals surface area contributed by atoms with Crippen molar-refractivity contribution in [3.05, 3.63) is 53.3 Å². The number of amides is 2. The third-order valence-corrected chi connectivity index (χ3v) is 4.37. The van der Waals surface area contributed by atoms with E-state index in [1.54, 1.807) is 4.68 Å². The molecule has 2 N–H and O–H groups in total. The number of urea groups is 1. The van der Waals surface area contributed by atoms with E-state index in [1.807, 2.05) is 69.0 Å². The zero-order chi connectivity index (χ0) is 18.7. The van der Waals surface area contributed by atoms with Crippen LogP contribution < -0.4 is 10.6 Å². The lowest BCUT2D eigenvalue weighted by atomic mass is 10.1. The van der Waals surface area contributed by atoms with Crippen molar-refractivity contribution in [2.75, 3.05) is 5.32 Å². The van der Waals surface area contributed by atoms with Gasteiger partial charge in [-0.1, -0.05) is 30.3 Å². The van der Waals surface area contributed by atoms with Gasteiger partial charge in [-0.15, -0.1) is 0 Å². The normalized spacial score (nSPS) is 10.8. The fourth-order valence-electron chi connectivity index (χ4n) is 2.90. The van der Waals surface area contributed by atoms with Crippen molar-refractivity contribution in [1.29, 1.82) is 0 Å². The van der Waals surface area contributed by atoms with Gasteiger partial charge in [0.25, 0.3) is 0 Å². The second kappa shape index (κ2) is 7.43. The van der Waals surface area contributed by atoms with Gasteiger partial charge in [0.1, 0.15) is 5.82 Å². The second-order valence-corrected chi connectivity index (χ2v) is 6.21. The highest BCUT2D eigenvalue weighted by Gasteiger charge is 2.16. The third-order valence-electron chi connectivity index (χ3n) is 4.37. The highest BCUT2D eigenvalue weighted by atomic mass is 16.2. The number of aromatic nitrogens is 4. The van der Waals surface area contributed by atoms with Gasteiger partial charge >= 0.3 is 6.03 Å². The molecule has 3 aromatic rings. The molecule has 0 saturated heterocycles. The highest BCUT2D eigenvalue weighted by Crippen LogP contribution is 2.27. The lowest BCUT2D eigenvalue weighted by Gasteiger charge is -2.08. The summed E-state index contributed by atoms with van der Waals surface area (Å²) in [5.41, 5.74) is 4.76. The van der Waals surface area contributed by atoms with Crippen LogP contribution in [0.25, 0.3) is 11.3 Å². The largest absolute Gasteiger partial charge is 0.334 e. The van der Waals surface area contributed by atoms with Crippen molar-refractivity contribution in [1.82, 2.24) is 24.9 Å². The molecule has 0 fully saturated rings. The van der Waals surface area contributed by atoms with E-state index in [0.717, 1.165) is 34.6 Å². The first-order chi connectivity index (χ1) is 12.5. The van der Waals surface area contributed by atoms with E-state index in [2.05, 4.69) is 20.8 Å². The topological polar surface area (TPSA) is 76.8 Å². The summed E-state index contributed by atoms with van der Waals surface area (Å²) in [6.07, 6.45) is 1.96. The van der Waals surface area contributed by atoms with Crippen LogP contribution in [0.1, 0.15) is 23.7 Å². The molecule has 2 amide bonds. The lowest BCUT2D eigenvalue weighted by Crippen LogP contribution is -2.29. The van der Waals surface area contributed by atoms with Crippen molar-refractivity contribution in [2.24, 2.45) is 7.05 Å². The molecule has 3 rings (SSSR count). The Bertz CT molecular complexity index is 910. The fraction of sp³-hybridized carbons (Fsp3) is 0.316. The molecule has 2 aromatic heterocycles. The summed E-state index contributed by atoms with van der Waals surface area (Å²) in [7, 11) is 1.82. The van der Waals surface area contributed by atoms with Crippen LogP contribution in [0.3, 0.4) is 0 Å². The van der Waals surface area contributed by atoms with Gasteiger partial charge in [0.15, 0.2) is 0 Å². The van der Waals surface area contributed by atoms with E-state index < -0.39 is 0 Å². The van der Waals surface area contributed by atoms with Gasteiger partial charge < -0.3 is 5.32 Å². The Hall–Kier alpha value is -3.09.